The van der Waals surface area contributed by atoms with Crippen LogP contribution in [0.3, 0.4) is 0 Å². The number of piperidine rings is 2. The third kappa shape index (κ3) is 12.5. The number of Topliss-reactive ketones (excluding diaryl/α,β-unsaturated/α-hetero) is 1. The van der Waals surface area contributed by atoms with Crippen molar-refractivity contribution < 1.29 is 14.3 Å². The van der Waals surface area contributed by atoms with E-state index in [0.717, 1.165) is 90.6 Å². The van der Waals surface area contributed by atoms with E-state index in [9.17, 15) is 9.59 Å². The number of carbonyl (C=O) groups excluding carboxylic acids is 2. The second-order valence-electron chi connectivity index (χ2n) is 16.6. The average molecular weight is 951 g/mol. The summed E-state index contributed by atoms with van der Waals surface area (Å²) < 4.78 is 7.22. The Hall–Kier alpha value is -3.54. The number of amides is 1. The molecule has 5 aromatic rings. The lowest BCUT2D eigenvalue weighted by Gasteiger charge is -2.39. The smallest absolute Gasteiger partial charge is 0.407 e. The Labute approximate surface area is 373 Å². The van der Waals surface area contributed by atoms with Gasteiger partial charge in [0.05, 0.1) is 26.3 Å². The van der Waals surface area contributed by atoms with Gasteiger partial charge in [-0.15, -0.1) is 15.3 Å². The zero-order valence-corrected chi connectivity index (χ0v) is 39.5. The number of imidazole rings is 1. The summed E-state index contributed by atoms with van der Waals surface area (Å²) in [5.74, 6) is 0.0144. The molecule has 18 heteroatoms. The Morgan fingerprint density at radius 1 is 0.915 bits per heavy atom. The van der Waals surface area contributed by atoms with E-state index < -0.39 is 5.60 Å². The van der Waals surface area contributed by atoms with Crippen molar-refractivity contribution in [3.63, 3.8) is 0 Å². The Morgan fingerprint density at radius 3 is 2.02 bits per heavy atom. The quantitative estimate of drug-likeness (QED) is 0.100. The first-order valence-electron chi connectivity index (χ1n) is 19.6. The number of ketones is 1. The number of aromatic nitrogens is 5. The van der Waals surface area contributed by atoms with Crippen molar-refractivity contribution >= 4 is 94.0 Å². The Balaban J connectivity index is 0.000000179. The molecule has 3 aromatic heterocycles. The van der Waals surface area contributed by atoms with Crippen LogP contribution in [0.15, 0.2) is 48.5 Å². The summed E-state index contributed by atoms with van der Waals surface area (Å²) in [5, 5.41) is 19.3. The van der Waals surface area contributed by atoms with Crippen molar-refractivity contribution in [1.29, 1.82) is 0 Å². The first-order chi connectivity index (χ1) is 27.8. The maximum absolute atomic E-state index is 11.8. The Morgan fingerprint density at radius 2 is 1.49 bits per heavy atom. The number of nitrogens with two attached hydrogens (primary N) is 2. The number of anilines is 3. The number of nitrogen functional groups attached to an aromatic ring is 1. The van der Waals surface area contributed by atoms with Crippen molar-refractivity contribution in [2.45, 2.75) is 84.6 Å². The van der Waals surface area contributed by atoms with Crippen LogP contribution in [0.5, 0.6) is 0 Å². The van der Waals surface area contributed by atoms with Crippen LogP contribution < -0.4 is 26.6 Å². The third-order valence-corrected chi connectivity index (χ3v) is 13.4. The van der Waals surface area contributed by atoms with Gasteiger partial charge < -0.3 is 31.3 Å². The molecule has 2 saturated heterocycles. The van der Waals surface area contributed by atoms with Gasteiger partial charge in [0.25, 0.3) is 0 Å². The van der Waals surface area contributed by atoms with E-state index in [1.807, 2.05) is 56.5 Å². The molecule has 2 aliphatic rings. The van der Waals surface area contributed by atoms with E-state index in [2.05, 4.69) is 55.1 Å². The molecule has 2 aliphatic heterocycles. The Kier molecular flexibility index (Phi) is 15.7. The molecule has 320 valence electrons. The minimum Gasteiger partial charge on any atom is -0.444 e. The zero-order valence-electron chi connectivity index (χ0n) is 34.7. The van der Waals surface area contributed by atoms with Crippen LogP contribution in [0.4, 0.5) is 20.2 Å². The predicted molar refractivity (Wildman–Crippen MR) is 247 cm³/mol. The highest BCUT2D eigenvalue weighted by atomic mass is 79.9. The van der Waals surface area contributed by atoms with Gasteiger partial charge in [0.2, 0.25) is 20.4 Å². The number of benzene rings is 2. The van der Waals surface area contributed by atoms with Crippen molar-refractivity contribution in [2.75, 3.05) is 54.8 Å². The summed E-state index contributed by atoms with van der Waals surface area (Å²) in [7, 11) is 0. The van der Waals surface area contributed by atoms with Crippen LogP contribution >= 0.6 is 61.8 Å². The number of nitrogens with zero attached hydrogens (tertiary/aromatic N) is 7. The molecular formula is C41H55BrCl2N10O3S2. The predicted octanol–water partition coefficient (Wildman–Crippen LogP) is 9.54. The van der Waals surface area contributed by atoms with Crippen LogP contribution in [0, 0.1) is 17.8 Å². The number of aryl methyl sites for hydroxylation is 1. The molecule has 5 N–H and O–H groups in total. The zero-order chi connectivity index (χ0) is 43.1. The molecule has 5 heterocycles. The third-order valence-electron chi connectivity index (χ3n) is 10.5. The van der Waals surface area contributed by atoms with E-state index in [4.69, 9.17) is 49.5 Å². The molecule has 0 radical (unpaired) electrons. The van der Waals surface area contributed by atoms with Crippen LogP contribution in [0.1, 0.15) is 83.3 Å². The van der Waals surface area contributed by atoms with Crippen molar-refractivity contribution in [1.82, 2.24) is 30.1 Å². The fourth-order valence-electron chi connectivity index (χ4n) is 6.56. The van der Waals surface area contributed by atoms with Gasteiger partial charge in [-0.1, -0.05) is 106 Å². The van der Waals surface area contributed by atoms with Gasteiger partial charge in [0, 0.05) is 43.9 Å². The number of rotatable bonds is 8. The van der Waals surface area contributed by atoms with Crippen LogP contribution in [-0.4, -0.2) is 86.4 Å². The van der Waals surface area contributed by atoms with Gasteiger partial charge >= 0.3 is 6.09 Å². The normalized spacial score (nSPS) is 16.7. The molecule has 1 amide bonds. The second-order valence-corrected chi connectivity index (χ2v) is 20.8. The largest absolute Gasteiger partial charge is 0.444 e. The summed E-state index contributed by atoms with van der Waals surface area (Å²) in [6.07, 6.45) is 3.81. The number of halogens is 3. The van der Waals surface area contributed by atoms with Crippen molar-refractivity contribution in [2.24, 2.45) is 16.6 Å². The first kappa shape index (κ1) is 46.5. The van der Waals surface area contributed by atoms with E-state index in [1.54, 1.807) is 42.5 Å². The molecule has 0 saturated carbocycles. The van der Waals surface area contributed by atoms with Gasteiger partial charge in [-0.05, 0) is 95.9 Å². The SMILES string of the molecule is CC(Br)C(=O)c1ccccc1Cl.CC1(CNC(=O)OC(C)(C)C)CCN(c2nnc(N)s2)CC1.Cc1c(-c2ccccc2Cl)nc2sc(N3CCC(C)(CN)CC3)nn12. The van der Waals surface area contributed by atoms with Crippen molar-refractivity contribution in [3.05, 3.63) is 69.8 Å². The summed E-state index contributed by atoms with van der Waals surface area (Å²) in [5.41, 5.74) is 14.9. The molecule has 0 bridgehead atoms. The van der Waals surface area contributed by atoms with Gasteiger partial charge in [0.15, 0.2) is 5.78 Å². The average Bonchev–Trinajstić information content (AvgIpc) is 3.90. The topological polar surface area (TPSA) is 170 Å². The second kappa shape index (κ2) is 19.9. The number of carbonyl (C=O) groups is 2. The first-order valence-corrected chi connectivity index (χ1v) is 22.9. The number of ether oxygens (including phenoxy) is 1. The van der Waals surface area contributed by atoms with E-state index >= 15 is 0 Å². The maximum atomic E-state index is 11.8. The standard InChI is InChI=1S/C18H22ClN5S.C14H25N5O2S.C9H8BrClO/c1-12-15(13-5-3-4-6-14(13)19)21-16-24(12)22-17(25-16)23-9-7-18(2,11-20)8-10-23;1-13(2,3)21-12(20)16-9-14(4)5-7-19(8-6-14)11-18-17-10(15)22-11;1-6(10)9(12)7-4-2-3-5-8(7)11/h3-6H,7-11,20H2,1-2H3;5-9H2,1-4H3,(H2,15,17)(H,16,20);2-6H,1H3. The van der Waals surface area contributed by atoms with Gasteiger partial charge in [-0.3, -0.25) is 4.79 Å². The highest BCUT2D eigenvalue weighted by Crippen LogP contribution is 2.37. The van der Waals surface area contributed by atoms with E-state index in [1.165, 1.54) is 11.3 Å². The van der Waals surface area contributed by atoms with Crippen LogP contribution in [0.25, 0.3) is 16.2 Å². The molecule has 1 atom stereocenters. The number of nitrogens with one attached hydrogen (secondary N) is 1. The molecule has 2 aromatic carbocycles. The summed E-state index contributed by atoms with van der Waals surface area (Å²) in [6.45, 7) is 19.0. The number of hydrogen-bond donors (Lipinski definition) is 3. The molecule has 2 fully saturated rings. The molecule has 7 rings (SSSR count). The fourth-order valence-corrected chi connectivity index (χ4v) is 8.92. The molecule has 13 nitrogen and oxygen atoms in total. The lowest BCUT2D eigenvalue weighted by atomic mass is 9.80. The molecule has 1 unspecified atom stereocenters. The van der Waals surface area contributed by atoms with Crippen LogP contribution in [-0.2, 0) is 4.74 Å². The van der Waals surface area contributed by atoms with E-state index in [-0.39, 0.29) is 27.5 Å². The monoisotopic (exact) mass is 948 g/mol. The molecule has 0 spiro atoms. The lowest BCUT2D eigenvalue weighted by molar-refractivity contribution is 0.0495. The van der Waals surface area contributed by atoms with Crippen LogP contribution in [0.2, 0.25) is 10.0 Å². The van der Waals surface area contributed by atoms with Gasteiger partial charge in [-0.25, -0.2) is 14.3 Å². The minimum atomic E-state index is -0.466. The summed E-state index contributed by atoms with van der Waals surface area (Å²) in [4.78, 5) is 33.3. The molecular weight excluding hydrogens is 895 g/mol. The minimum absolute atomic E-state index is 0.0144. The summed E-state index contributed by atoms with van der Waals surface area (Å²) >= 11 is 18.4. The highest BCUT2D eigenvalue weighted by molar-refractivity contribution is 9.10. The highest BCUT2D eigenvalue weighted by Gasteiger charge is 2.33. The maximum Gasteiger partial charge on any atom is 0.407 e. The number of alkyl halides is 1. The molecule has 0 aliphatic carbocycles. The molecule has 59 heavy (non-hydrogen) atoms. The van der Waals surface area contributed by atoms with Crippen molar-refractivity contribution in [3.8, 4) is 11.3 Å². The fraction of sp³-hybridized carbons (Fsp3) is 0.512. The van der Waals surface area contributed by atoms with E-state index in [0.29, 0.717) is 27.3 Å². The summed E-state index contributed by atoms with van der Waals surface area (Å²) in [6, 6.07) is 14.8. The number of alkyl carbamates (subject to hydrolysis) is 1. The number of hydrogen-bond acceptors (Lipinski definition) is 13. The van der Waals surface area contributed by atoms with Gasteiger partial charge in [-0.2, -0.15) is 0 Å². The lowest BCUT2D eigenvalue weighted by Crippen LogP contribution is -2.45. The van der Waals surface area contributed by atoms with Gasteiger partial charge in [0.1, 0.15) is 5.60 Å². The number of fused-ring (bicyclic) bond motifs is 1. The Bertz CT molecular complexity index is 2190.